The SMILES string of the molecule is CC[C@@H](C)[C@H](NC(=O)C[NH+]1CCN(C(=O)c2ccccc2)CC1)C(=O)OC. The zero-order valence-electron chi connectivity index (χ0n) is 16.4. The fraction of sp³-hybridized carbons (Fsp3) is 0.550. The molecule has 0 saturated carbocycles. The number of quaternary nitrogens is 1. The third-order valence-electron chi connectivity index (χ3n) is 5.17. The first-order valence-corrected chi connectivity index (χ1v) is 9.51. The summed E-state index contributed by atoms with van der Waals surface area (Å²) < 4.78 is 4.80. The number of amides is 2. The van der Waals surface area contributed by atoms with E-state index in [1.807, 2.05) is 49.1 Å². The lowest BCUT2D eigenvalue weighted by Gasteiger charge is -2.32. The molecule has 0 unspecified atom stereocenters. The highest BCUT2D eigenvalue weighted by molar-refractivity contribution is 5.94. The highest BCUT2D eigenvalue weighted by Gasteiger charge is 2.30. The summed E-state index contributed by atoms with van der Waals surface area (Å²) in [6.07, 6.45) is 0.771. The number of hydrogen-bond donors (Lipinski definition) is 2. The topological polar surface area (TPSA) is 80.2 Å². The smallest absolute Gasteiger partial charge is 0.328 e. The number of methoxy groups -OCH3 is 1. The first-order chi connectivity index (χ1) is 13.0. The van der Waals surface area contributed by atoms with Crippen molar-refractivity contribution in [2.75, 3.05) is 39.8 Å². The number of nitrogens with one attached hydrogen (secondary N) is 2. The lowest BCUT2D eigenvalue weighted by molar-refractivity contribution is -0.896. The summed E-state index contributed by atoms with van der Waals surface area (Å²) in [4.78, 5) is 39.7. The Morgan fingerprint density at radius 2 is 1.81 bits per heavy atom. The Bertz CT molecular complexity index is 642. The van der Waals surface area contributed by atoms with Gasteiger partial charge in [0.15, 0.2) is 6.54 Å². The van der Waals surface area contributed by atoms with Gasteiger partial charge in [-0.05, 0) is 18.1 Å². The first kappa shape index (κ1) is 20.9. The van der Waals surface area contributed by atoms with Crippen LogP contribution in [-0.2, 0) is 14.3 Å². The van der Waals surface area contributed by atoms with Crippen molar-refractivity contribution in [1.29, 1.82) is 0 Å². The van der Waals surface area contributed by atoms with E-state index >= 15 is 0 Å². The molecule has 2 rings (SSSR count). The van der Waals surface area contributed by atoms with Crippen LogP contribution in [0.4, 0.5) is 0 Å². The molecule has 1 fully saturated rings. The summed E-state index contributed by atoms with van der Waals surface area (Å²) >= 11 is 0. The van der Waals surface area contributed by atoms with Gasteiger partial charge in [0.2, 0.25) is 0 Å². The van der Waals surface area contributed by atoms with Crippen LogP contribution in [0.3, 0.4) is 0 Å². The number of benzene rings is 1. The average molecular weight is 376 g/mol. The van der Waals surface area contributed by atoms with Crippen LogP contribution >= 0.6 is 0 Å². The third-order valence-corrected chi connectivity index (χ3v) is 5.17. The molecule has 1 aliphatic rings. The van der Waals surface area contributed by atoms with Gasteiger partial charge in [0.25, 0.3) is 11.8 Å². The van der Waals surface area contributed by atoms with Crippen molar-refractivity contribution in [2.24, 2.45) is 5.92 Å². The standard InChI is InChI=1S/C20H29N3O4/c1-4-15(2)18(20(26)27-3)21-17(24)14-22-10-12-23(13-11-22)19(25)16-8-6-5-7-9-16/h5-9,15,18H,4,10-14H2,1-3H3,(H,21,24)/p+1/t15-,18+/m1/s1. The second kappa shape index (κ2) is 10.1. The van der Waals surface area contributed by atoms with E-state index in [0.29, 0.717) is 31.7 Å². The highest BCUT2D eigenvalue weighted by atomic mass is 16.5. The summed E-state index contributed by atoms with van der Waals surface area (Å²) in [5.41, 5.74) is 0.688. The van der Waals surface area contributed by atoms with E-state index in [-0.39, 0.29) is 24.3 Å². The van der Waals surface area contributed by atoms with E-state index in [9.17, 15) is 14.4 Å². The Labute approximate surface area is 160 Å². The highest BCUT2D eigenvalue weighted by Crippen LogP contribution is 2.09. The number of carbonyl (C=O) groups excluding carboxylic acids is 3. The van der Waals surface area contributed by atoms with Gasteiger partial charge < -0.3 is 19.9 Å². The fourth-order valence-corrected chi connectivity index (χ4v) is 3.21. The molecule has 27 heavy (non-hydrogen) atoms. The minimum absolute atomic E-state index is 0.0109. The lowest BCUT2D eigenvalue weighted by atomic mass is 9.99. The van der Waals surface area contributed by atoms with Gasteiger partial charge in [0.1, 0.15) is 6.04 Å². The Hall–Kier alpha value is -2.41. The van der Waals surface area contributed by atoms with Crippen LogP contribution in [0.5, 0.6) is 0 Å². The molecule has 148 valence electrons. The third kappa shape index (κ3) is 5.79. The molecular weight excluding hydrogens is 346 g/mol. The molecule has 0 spiro atoms. The molecule has 1 aliphatic heterocycles. The van der Waals surface area contributed by atoms with E-state index in [1.54, 1.807) is 0 Å². The van der Waals surface area contributed by atoms with Gasteiger partial charge in [-0.3, -0.25) is 9.59 Å². The van der Waals surface area contributed by atoms with Crippen molar-refractivity contribution in [3.63, 3.8) is 0 Å². The molecule has 0 radical (unpaired) electrons. The van der Waals surface area contributed by atoms with Crippen molar-refractivity contribution in [2.45, 2.75) is 26.3 Å². The number of esters is 1. The average Bonchev–Trinajstić information content (AvgIpc) is 2.71. The predicted molar refractivity (Wildman–Crippen MR) is 101 cm³/mol. The maximum absolute atomic E-state index is 12.5. The van der Waals surface area contributed by atoms with Gasteiger partial charge in [0, 0.05) is 5.56 Å². The van der Waals surface area contributed by atoms with Crippen molar-refractivity contribution in [3.05, 3.63) is 35.9 Å². The maximum Gasteiger partial charge on any atom is 0.328 e. The molecule has 2 N–H and O–H groups in total. The molecule has 7 nitrogen and oxygen atoms in total. The second-order valence-electron chi connectivity index (χ2n) is 7.04. The number of piperazine rings is 1. The van der Waals surface area contributed by atoms with E-state index in [4.69, 9.17) is 4.74 Å². The minimum atomic E-state index is -0.618. The Balaban J connectivity index is 1.83. The van der Waals surface area contributed by atoms with E-state index in [0.717, 1.165) is 11.3 Å². The van der Waals surface area contributed by atoms with Gasteiger partial charge in [-0.25, -0.2) is 4.79 Å². The number of carbonyl (C=O) groups is 3. The molecule has 0 aromatic heterocycles. The molecule has 7 heteroatoms. The molecule has 1 saturated heterocycles. The normalized spacial score (nSPS) is 17.1. The van der Waals surface area contributed by atoms with Crippen LogP contribution in [-0.4, -0.2) is 68.6 Å². The Morgan fingerprint density at radius 3 is 2.37 bits per heavy atom. The number of hydrogen-bond acceptors (Lipinski definition) is 4. The molecule has 1 heterocycles. The van der Waals surface area contributed by atoms with Gasteiger partial charge >= 0.3 is 5.97 Å². The molecular formula is C20H30N3O4+. The van der Waals surface area contributed by atoms with Crippen LogP contribution < -0.4 is 10.2 Å². The number of ether oxygens (including phenoxy) is 1. The summed E-state index contributed by atoms with van der Waals surface area (Å²) in [7, 11) is 1.33. The zero-order chi connectivity index (χ0) is 19.8. The van der Waals surface area contributed by atoms with Crippen LogP contribution in [0.15, 0.2) is 30.3 Å². The molecule has 2 atom stereocenters. The van der Waals surface area contributed by atoms with E-state index in [2.05, 4.69) is 5.32 Å². The molecule has 1 aromatic carbocycles. The summed E-state index contributed by atoms with van der Waals surface area (Å²) in [6.45, 7) is 6.82. The summed E-state index contributed by atoms with van der Waals surface area (Å²) in [5.74, 6) is -0.534. The van der Waals surface area contributed by atoms with Crippen LogP contribution in [0.1, 0.15) is 30.6 Å². The Kier molecular flexibility index (Phi) is 7.79. The minimum Gasteiger partial charge on any atom is -0.467 e. The Morgan fingerprint density at radius 1 is 1.19 bits per heavy atom. The van der Waals surface area contributed by atoms with Crippen molar-refractivity contribution >= 4 is 17.8 Å². The van der Waals surface area contributed by atoms with Crippen molar-refractivity contribution < 1.29 is 24.0 Å². The predicted octanol–water partition coefficient (Wildman–Crippen LogP) is -0.269. The van der Waals surface area contributed by atoms with E-state index in [1.165, 1.54) is 7.11 Å². The van der Waals surface area contributed by atoms with Crippen LogP contribution in [0.25, 0.3) is 0 Å². The first-order valence-electron chi connectivity index (χ1n) is 9.51. The molecule has 2 amide bonds. The van der Waals surface area contributed by atoms with Crippen molar-refractivity contribution in [3.8, 4) is 0 Å². The van der Waals surface area contributed by atoms with E-state index < -0.39 is 12.0 Å². The van der Waals surface area contributed by atoms with Gasteiger partial charge in [0.05, 0.1) is 33.3 Å². The van der Waals surface area contributed by atoms with Crippen molar-refractivity contribution in [1.82, 2.24) is 10.2 Å². The largest absolute Gasteiger partial charge is 0.467 e. The van der Waals surface area contributed by atoms with Crippen LogP contribution in [0, 0.1) is 5.92 Å². The summed E-state index contributed by atoms with van der Waals surface area (Å²) in [5, 5.41) is 2.81. The number of rotatable bonds is 7. The molecule has 1 aromatic rings. The zero-order valence-corrected chi connectivity index (χ0v) is 16.4. The van der Waals surface area contributed by atoms with Gasteiger partial charge in [-0.1, -0.05) is 38.5 Å². The lowest BCUT2D eigenvalue weighted by Crippen LogP contribution is -3.16. The van der Waals surface area contributed by atoms with Crippen LogP contribution in [0.2, 0.25) is 0 Å². The molecule has 0 aliphatic carbocycles. The monoisotopic (exact) mass is 376 g/mol. The fourth-order valence-electron chi connectivity index (χ4n) is 3.21. The number of nitrogens with zero attached hydrogens (tertiary/aromatic N) is 1. The van der Waals surface area contributed by atoms with Gasteiger partial charge in [-0.15, -0.1) is 0 Å². The quantitative estimate of drug-likeness (QED) is 0.642. The van der Waals surface area contributed by atoms with Gasteiger partial charge in [-0.2, -0.15) is 0 Å². The second-order valence-corrected chi connectivity index (χ2v) is 7.04. The maximum atomic E-state index is 12.5. The molecule has 0 bridgehead atoms. The summed E-state index contributed by atoms with van der Waals surface area (Å²) in [6, 6.07) is 8.61.